The SMILES string of the molecule is CC(=O)C(F)CC1CCOC1. The van der Waals surface area contributed by atoms with Gasteiger partial charge in [-0.25, -0.2) is 4.39 Å². The van der Waals surface area contributed by atoms with Crippen molar-refractivity contribution >= 4 is 5.78 Å². The van der Waals surface area contributed by atoms with Gasteiger partial charge in [0.2, 0.25) is 0 Å². The third-order valence-electron chi connectivity index (χ3n) is 2.01. The maximum absolute atomic E-state index is 12.8. The standard InChI is InChI=1S/C8H13FO2/c1-6(10)8(9)4-7-2-3-11-5-7/h7-8H,2-5H2,1H3. The molecule has 0 aromatic rings. The lowest BCUT2D eigenvalue weighted by atomic mass is 10.0. The minimum absolute atomic E-state index is 0.258. The smallest absolute Gasteiger partial charge is 0.163 e. The van der Waals surface area contributed by atoms with Crippen LogP contribution in [0.25, 0.3) is 0 Å². The minimum Gasteiger partial charge on any atom is -0.381 e. The molecule has 1 fully saturated rings. The Balaban J connectivity index is 2.23. The number of Topliss-reactive ketones (excluding diaryl/α,β-unsaturated/α-hetero) is 1. The molecule has 0 spiro atoms. The molecule has 3 heteroatoms. The molecule has 0 aromatic heterocycles. The first-order valence-electron chi connectivity index (χ1n) is 3.92. The average Bonchev–Trinajstić information content (AvgIpc) is 2.39. The Morgan fingerprint density at radius 3 is 3.00 bits per heavy atom. The van der Waals surface area contributed by atoms with Gasteiger partial charge in [0.05, 0.1) is 0 Å². The second kappa shape index (κ2) is 3.81. The van der Waals surface area contributed by atoms with E-state index in [-0.39, 0.29) is 11.7 Å². The van der Waals surface area contributed by atoms with Crippen LogP contribution in [0.5, 0.6) is 0 Å². The number of hydrogen-bond donors (Lipinski definition) is 0. The molecule has 2 atom stereocenters. The fourth-order valence-electron chi connectivity index (χ4n) is 1.23. The van der Waals surface area contributed by atoms with E-state index < -0.39 is 6.17 Å². The molecule has 0 amide bonds. The zero-order valence-corrected chi connectivity index (χ0v) is 6.68. The number of carbonyl (C=O) groups is 1. The van der Waals surface area contributed by atoms with Crippen LogP contribution in [0.3, 0.4) is 0 Å². The molecule has 0 aromatic carbocycles. The Morgan fingerprint density at radius 2 is 2.55 bits per heavy atom. The first-order valence-corrected chi connectivity index (χ1v) is 3.92. The monoisotopic (exact) mass is 160 g/mol. The summed E-state index contributed by atoms with van der Waals surface area (Å²) in [5, 5.41) is 0. The van der Waals surface area contributed by atoms with Gasteiger partial charge in [-0.05, 0) is 25.7 Å². The van der Waals surface area contributed by atoms with E-state index in [9.17, 15) is 9.18 Å². The van der Waals surface area contributed by atoms with Crippen molar-refractivity contribution in [3.63, 3.8) is 0 Å². The van der Waals surface area contributed by atoms with Crippen molar-refractivity contribution in [1.29, 1.82) is 0 Å². The third kappa shape index (κ3) is 2.58. The third-order valence-corrected chi connectivity index (χ3v) is 2.01. The van der Waals surface area contributed by atoms with Crippen molar-refractivity contribution in [1.82, 2.24) is 0 Å². The predicted molar refractivity (Wildman–Crippen MR) is 39.1 cm³/mol. The van der Waals surface area contributed by atoms with Crippen LogP contribution in [0.15, 0.2) is 0 Å². The van der Waals surface area contributed by atoms with E-state index in [4.69, 9.17) is 4.74 Å². The van der Waals surface area contributed by atoms with Gasteiger partial charge in [-0.3, -0.25) is 4.79 Å². The van der Waals surface area contributed by atoms with E-state index in [2.05, 4.69) is 0 Å². The Morgan fingerprint density at radius 1 is 1.82 bits per heavy atom. The molecule has 64 valence electrons. The van der Waals surface area contributed by atoms with Gasteiger partial charge in [0.15, 0.2) is 12.0 Å². The van der Waals surface area contributed by atoms with Gasteiger partial charge in [0, 0.05) is 13.2 Å². The highest BCUT2D eigenvalue weighted by Crippen LogP contribution is 2.19. The van der Waals surface area contributed by atoms with Crippen LogP contribution in [-0.4, -0.2) is 25.2 Å². The largest absolute Gasteiger partial charge is 0.381 e. The zero-order valence-electron chi connectivity index (χ0n) is 6.68. The minimum atomic E-state index is -1.28. The summed E-state index contributed by atoms with van der Waals surface area (Å²) in [5.41, 5.74) is 0. The lowest BCUT2D eigenvalue weighted by Crippen LogP contribution is -2.16. The van der Waals surface area contributed by atoms with Crippen molar-refractivity contribution in [2.45, 2.75) is 25.9 Å². The Labute approximate surface area is 65.7 Å². The van der Waals surface area contributed by atoms with Crippen LogP contribution in [0.1, 0.15) is 19.8 Å². The van der Waals surface area contributed by atoms with Crippen molar-refractivity contribution in [2.75, 3.05) is 13.2 Å². The van der Waals surface area contributed by atoms with Crippen LogP contribution in [0.4, 0.5) is 4.39 Å². The second-order valence-corrected chi connectivity index (χ2v) is 3.04. The number of ketones is 1. The number of alkyl halides is 1. The highest BCUT2D eigenvalue weighted by Gasteiger charge is 2.22. The summed E-state index contributed by atoms with van der Waals surface area (Å²) in [6, 6.07) is 0. The molecule has 1 rings (SSSR count). The molecule has 0 N–H and O–H groups in total. The summed E-state index contributed by atoms with van der Waals surface area (Å²) < 4.78 is 17.8. The van der Waals surface area contributed by atoms with Gasteiger partial charge in [0.1, 0.15) is 0 Å². The Bertz CT molecular complexity index is 141. The molecule has 0 bridgehead atoms. The Kier molecular flexibility index (Phi) is 3.00. The second-order valence-electron chi connectivity index (χ2n) is 3.04. The average molecular weight is 160 g/mol. The highest BCUT2D eigenvalue weighted by molar-refractivity contribution is 5.80. The van der Waals surface area contributed by atoms with Crippen molar-refractivity contribution < 1.29 is 13.9 Å². The molecule has 1 saturated heterocycles. The fraction of sp³-hybridized carbons (Fsp3) is 0.875. The molecular weight excluding hydrogens is 147 g/mol. The highest BCUT2D eigenvalue weighted by atomic mass is 19.1. The van der Waals surface area contributed by atoms with Crippen molar-refractivity contribution in [2.24, 2.45) is 5.92 Å². The van der Waals surface area contributed by atoms with Gasteiger partial charge in [-0.15, -0.1) is 0 Å². The van der Waals surface area contributed by atoms with Crippen molar-refractivity contribution in [3.05, 3.63) is 0 Å². The summed E-state index contributed by atoms with van der Waals surface area (Å²) in [6.07, 6.45) is -0.0371. The maximum atomic E-state index is 12.8. The quantitative estimate of drug-likeness (QED) is 0.622. The molecule has 0 radical (unpaired) electrons. The zero-order chi connectivity index (χ0) is 8.27. The molecule has 1 aliphatic rings. The molecular formula is C8H13FO2. The van der Waals surface area contributed by atoms with Gasteiger partial charge < -0.3 is 4.74 Å². The molecule has 2 unspecified atom stereocenters. The van der Waals surface area contributed by atoms with Crippen LogP contribution in [-0.2, 0) is 9.53 Å². The van der Waals surface area contributed by atoms with E-state index in [1.54, 1.807) is 0 Å². The number of hydrogen-bond acceptors (Lipinski definition) is 2. The van der Waals surface area contributed by atoms with Gasteiger partial charge in [-0.1, -0.05) is 0 Å². The molecule has 2 nitrogen and oxygen atoms in total. The molecule has 1 heterocycles. The first-order chi connectivity index (χ1) is 5.20. The van der Waals surface area contributed by atoms with E-state index in [0.29, 0.717) is 13.0 Å². The van der Waals surface area contributed by atoms with Crippen LogP contribution < -0.4 is 0 Å². The van der Waals surface area contributed by atoms with Gasteiger partial charge >= 0.3 is 0 Å². The summed E-state index contributed by atoms with van der Waals surface area (Å²) in [4.78, 5) is 10.5. The van der Waals surface area contributed by atoms with E-state index in [1.807, 2.05) is 0 Å². The number of halogens is 1. The lowest BCUT2D eigenvalue weighted by molar-refractivity contribution is -0.122. The molecule has 1 aliphatic heterocycles. The Hall–Kier alpha value is -0.440. The van der Waals surface area contributed by atoms with Crippen LogP contribution in [0.2, 0.25) is 0 Å². The molecule has 0 aliphatic carbocycles. The number of rotatable bonds is 3. The van der Waals surface area contributed by atoms with E-state index in [0.717, 1.165) is 13.0 Å². The van der Waals surface area contributed by atoms with Crippen molar-refractivity contribution in [3.8, 4) is 0 Å². The lowest BCUT2D eigenvalue weighted by Gasteiger charge is -2.08. The van der Waals surface area contributed by atoms with E-state index in [1.165, 1.54) is 6.92 Å². The molecule has 11 heavy (non-hydrogen) atoms. The topological polar surface area (TPSA) is 26.3 Å². The summed E-state index contributed by atoms with van der Waals surface area (Å²) in [5.74, 6) is -0.106. The van der Waals surface area contributed by atoms with Crippen LogP contribution in [0, 0.1) is 5.92 Å². The number of carbonyl (C=O) groups excluding carboxylic acids is 1. The maximum Gasteiger partial charge on any atom is 0.163 e. The fourth-order valence-corrected chi connectivity index (χ4v) is 1.23. The number of ether oxygens (including phenoxy) is 1. The summed E-state index contributed by atoms with van der Waals surface area (Å²) >= 11 is 0. The normalized spacial score (nSPS) is 26.9. The summed E-state index contributed by atoms with van der Waals surface area (Å²) in [7, 11) is 0. The first kappa shape index (κ1) is 8.65. The predicted octanol–water partition coefficient (Wildman–Crippen LogP) is 1.34. The summed E-state index contributed by atoms with van der Waals surface area (Å²) in [6.45, 7) is 2.63. The van der Waals surface area contributed by atoms with Gasteiger partial charge in [0.25, 0.3) is 0 Å². The van der Waals surface area contributed by atoms with E-state index >= 15 is 0 Å². The van der Waals surface area contributed by atoms with Crippen LogP contribution >= 0.6 is 0 Å². The van der Waals surface area contributed by atoms with Gasteiger partial charge in [-0.2, -0.15) is 0 Å². The molecule has 0 saturated carbocycles.